The van der Waals surface area contributed by atoms with Crippen molar-refractivity contribution in [2.45, 2.75) is 45.7 Å². The highest BCUT2D eigenvalue weighted by atomic mass is 19.1. The van der Waals surface area contributed by atoms with E-state index < -0.39 is 5.82 Å². The normalized spacial score (nSPS) is 16.5. The SMILES string of the molecule is Cc1cn2cc(NC(=O)c3cccc4c(N5CCC(NC(C)(C)C)C5)cnnc34)cc(F)c2n1. The minimum Gasteiger partial charge on any atom is -0.368 e. The van der Waals surface area contributed by atoms with Gasteiger partial charge in [-0.15, -0.1) is 5.10 Å². The molecule has 3 aromatic heterocycles. The van der Waals surface area contributed by atoms with Crippen molar-refractivity contribution in [2.75, 3.05) is 23.3 Å². The van der Waals surface area contributed by atoms with E-state index in [9.17, 15) is 9.18 Å². The van der Waals surface area contributed by atoms with Gasteiger partial charge in [0.1, 0.15) is 5.52 Å². The summed E-state index contributed by atoms with van der Waals surface area (Å²) in [7, 11) is 0. The zero-order valence-corrected chi connectivity index (χ0v) is 19.8. The van der Waals surface area contributed by atoms with E-state index in [1.54, 1.807) is 36.0 Å². The van der Waals surface area contributed by atoms with Crippen molar-refractivity contribution in [3.05, 3.63) is 59.9 Å². The van der Waals surface area contributed by atoms with Gasteiger partial charge in [0.2, 0.25) is 0 Å². The first-order valence-electron chi connectivity index (χ1n) is 11.4. The third-order valence-corrected chi connectivity index (χ3v) is 5.95. The van der Waals surface area contributed by atoms with Crippen LogP contribution < -0.4 is 15.5 Å². The van der Waals surface area contributed by atoms with Crippen LogP contribution in [0.5, 0.6) is 0 Å². The van der Waals surface area contributed by atoms with Crippen molar-refractivity contribution in [3.8, 4) is 0 Å². The molecule has 34 heavy (non-hydrogen) atoms. The zero-order valence-electron chi connectivity index (χ0n) is 19.8. The number of nitrogens with one attached hydrogen (secondary N) is 2. The summed E-state index contributed by atoms with van der Waals surface area (Å²) in [5.74, 6) is -0.875. The van der Waals surface area contributed by atoms with Gasteiger partial charge in [0, 0.05) is 48.5 Å². The van der Waals surface area contributed by atoms with Crippen molar-refractivity contribution in [2.24, 2.45) is 0 Å². The van der Waals surface area contributed by atoms with Gasteiger partial charge in [-0.3, -0.25) is 4.79 Å². The molecular formula is C25H28FN7O. The fourth-order valence-corrected chi connectivity index (χ4v) is 4.66. The number of aromatic nitrogens is 4. The second-order valence-corrected chi connectivity index (χ2v) is 9.90. The molecule has 1 amide bonds. The Labute approximate surface area is 197 Å². The van der Waals surface area contributed by atoms with Crippen LogP contribution in [0.15, 0.2) is 42.9 Å². The van der Waals surface area contributed by atoms with Crippen LogP contribution in [0.3, 0.4) is 0 Å². The molecule has 0 bridgehead atoms. The van der Waals surface area contributed by atoms with Crippen molar-refractivity contribution >= 4 is 33.8 Å². The summed E-state index contributed by atoms with van der Waals surface area (Å²) in [6.45, 7) is 10.1. The smallest absolute Gasteiger partial charge is 0.257 e. The van der Waals surface area contributed by atoms with Gasteiger partial charge in [0.15, 0.2) is 11.5 Å². The number of carbonyl (C=O) groups excluding carboxylic acids is 1. The van der Waals surface area contributed by atoms with E-state index in [0.29, 0.717) is 28.5 Å². The van der Waals surface area contributed by atoms with Crippen LogP contribution in [0.1, 0.15) is 43.2 Å². The summed E-state index contributed by atoms with van der Waals surface area (Å²) < 4.78 is 16.0. The number of aryl methyl sites for hydroxylation is 1. The minimum atomic E-state index is -0.502. The summed E-state index contributed by atoms with van der Waals surface area (Å²) in [5, 5.41) is 15.8. The van der Waals surface area contributed by atoms with Crippen LogP contribution in [-0.2, 0) is 0 Å². The lowest BCUT2D eigenvalue weighted by Crippen LogP contribution is -2.44. The maximum absolute atomic E-state index is 14.5. The minimum absolute atomic E-state index is 0.0440. The van der Waals surface area contributed by atoms with Crippen LogP contribution in [0.4, 0.5) is 15.8 Å². The highest BCUT2D eigenvalue weighted by molar-refractivity contribution is 6.13. The Hall–Kier alpha value is -3.59. The number of fused-ring (bicyclic) bond motifs is 2. The molecule has 1 unspecified atom stereocenters. The largest absolute Gasteiger partial charge is 0.368 e. The third-order valence-electron chi connectivity index (χ3n) is 5.95. The van der Waals surface area contributed by atoms with Gasteiger partial charge >= 0.3 is 0 Å². The van der Waals surface area contributed by atoms with Crippen molar-refractivity contribution in [3.63, 3.8) is 0 Å². The highest BCUT2D eigenvalue weighted by Crippen LogP contribution is 2.30. The number of pyridine rings is 1. The van der Waals surface area contributed by atoms with Crippen LogP contribution in [0, 0.1) is 12.7 Å². The summed E-state index contributed by atoms with van der Waals surface area (Å²) in [6.07, 6.45) is 6.14. The molecule has 1 aromatic carbocycles. The van der Waals surface area contributed by atoms with Crippen molar-refractivity contribution in [1.82, 2.24) is 24.9 Å². The molecule has 0 spiro atoms. The van der Waals surface area contributed by atoms with Crippen LogP contribution in [0.2, 0.25) is 0 Å². The lowest BCUT2D eigenvalue weighted by Gasteiger charge is -2.26. The molecule has 4 heterocycles. The summed E-state index contributed by atoms with van der Waals surface area (Å²) in [6, 6.07) is 7.16. The van der Waals surface area contributed by atoms with E-state index in [0.717, 1.165) is 30.6 Å². The quantitative estimate of drug-likeness (QED) is 0.479. The van der Waals surface area contributed by atoms with Gasteiger partial charge < -0.3 is 19.9 Å². The fraction of sp³-hybridized carbons (Fsp3) is 0.360. The molecule has 0 aliphatic carbocycles. The summed E-state index contributed by atoms with van der Waals surface area (Å²) >= 11 is 0. The molecule has 2 N–H and O–H groups in total. The van der Waals surface area contributed by atoms with Gasteiger partial charge in [-0.2, -0.15) is 5.10 Å². The van der Waals surface area contributed by atoms with E-state index in [2.05, 4.69) is 51.5 Å². The first-order chi connectivity index (χ1) is 16.2. The molecule has 1 aliphatic rings. The second kappa shape index (κ2) is 8.32. The van der Waals surface area contributed by atoms with Crippen LogP contribution in [-0.4, -0.2) is 50.2 Å². The van der Waals surface area contributed by atoms with Crippen LogP contribution >= 0.6 is 0 Å². The Morgan fingerprint density at radius 1 is 1.24 bits per heavy atom. The Morgan fingerprint density at radius 3 is 2.85 bits per heavy atom. The Balaban J connectivity index is 1.43. The standard InChI is InChI=1S/C25H28FN7O/c1-15-12-33-14-17(10-20(26)23(33)28-15)29-24(34)19-7-5-6-18-21(11-27-31-22(18)19)32-9-8-16(13-32)30-25(2,3)4/h5-7,10-12,14,16,30H,8-9,13H2,1-4H3,(H,29,34). The summed E-state index contributed by atoms with van der Waals surface area (Å²) in [4.78, 5) is 19.6. The number of carbonyl (C=O) groups is 1. The van der Waals surface area contributed by atoms with Gasteiger partial charge in [0.05, 0.1) is 28.8 Å². The predicted molar refractivity (Wildman–Crippen MR) is 131 cm³/mol. The molecule has 5 rings (SSSR count). The average Bonchev–Trinajstić information content (AvgIpc) is 3.37. The van der Waals surface area contributed by atoms with Crippen LogP contribution in [0.25, 0.3) is 16.6 Å². The lowest BCUT2D eigenvalue weighted by atomic mass is 10.1. The fourth-order valence-electron chi connectivity index (χ4n) is 4.66. The van der Waals surface area contributed by atoms with E-state index in [4.69, 9.17) is 0 Å². The number of anilines is 2. The average molecular weight is 462 g/mol. The third kappa shape index (κ3) is 4.31. The Morgan fingerprint density at radius 2 is 2.06 bits per heavy atom. The monoisotopic (exact) mass is 461 g/mol. The topological polar surface area (TPSA) is 87.5 Å². The Kier molecular flexibility index (Phi) is 5.44. The van der Waals surface area contributed by atoms with Gasteiger partial charge in [-0.05, 0) is 40.2 Å². The van der Waals surface area contributed by atoms with E-state index >= 15 is 0 Å². The number of amides is 1. The van der Waals surface area contributed by atoms with Gasteiger partial charge in [0.25, 0.3) is 5.91 Å². The Bertz CT molecular complexity index is 1390. The zero-order chi connectivity index (χ0) is 24.0. The number of benzene rings is 1. The molecule has 1 fully saturated rings. The second-order valence-electron chi connectivity index (χ2n) is 9.90. The lowest BCUT2D eigenvalue weighted by molar-refractivity contribution is 0.102. The number of halogens is 1. The molecule has 1 aliphatic heterocycles. The van der Waals surface area contributed by atoms with Crippen molar-refractivity contribution in [1.29, 1.82) is 0 Å². The molecule has 0 saturated carbocycles. The van der Waals surface area contributed by atoms with Gasteiger partial charge in [-0.25, -0.2) is 9.37 Å². The molecule has 1 atom stereocenters. The van der Waals surface area contributed by atoms with E-state index in [-0.39, 0.29) is 17.1 Å². The van der Waals surface area contributed by atoms with Gasteiger partial charge in [-0.1, -0.05) is 12.1 Å². The van der Waals surface area contributed by atoms with Crippen molar-refractivity contribution < 1.29 is 9.18 Å². The van der Waals surface area contributed by atoms with E-state index in [1.807, 2.05) is 12.1 Å². The highest BCUT2D eigenvalue weighted by Gasteiger charge is 2.27. The molecule has 1 saturated heterocycles. The number of hydrogen-bond acceptors (Lipinski definition) is 6. The number of imidazole rings is 1. The molecule has 176 valence electrons. The summed E-state index contributed by atoms with van der Waals surface area (Å²) in [5.41, 5.74) is 3.16. The molecule has 8 nitrogen and oxygen atoms in total. The maximum atomic E-state index is 14.5. The maximum Gasteiger partial charge on any atom is 0.257 e. The molecule has 4 aromatic rings. The molecule has 9 heteroatoms. The molecular weight excluding hydrogens is 433 g/mol. The number of hydrogen-bond donors (Lipinski definition) is 2. The predicted octanol–water partition coefficient (Wildman–Crippen LogP) is 3.94. The number of nitrogens with zero attached hydrogens (tertiary/aromatic N) is 5. The molecule has 0 radical (unpaired) electrons. The first-order valence-corrected chi connectivity index (χ1v) is 11.4. The number of rotatable bonds is 4. The first kappa shape index (κ1) is 22.2. The van der Waals surface area contributed by atoms with E-state index in [1.165, 1.54) is 6.07 Å².